The number of Topliss-reactive ketones (excluding diaryl/α,β-unsaturated/α-hetero) is 1. The monoisotopic (exact) mass is 259 g/mol. The Morgan fingerprint density at radius 2 is 2.16 bits per heavy atom. The van der Waals surface area contributed by atoms with Crippen LogP contribution in [0.25, 0.3) is 0 Å². The lowest BCUT2D eigenvalue weighted by Crippen LogP contribution is -2.05. The number of benzene rings is 1. The zero-order valence-electron chi connectivity index (χ0n) is 10.6. The summed E-state index contributed by atoms with van der Waals surface area (Å²) < 4.78 is 18.3. The minimum absolute atomic E-state index is 0.111. The third-order valence-electron chi connectivity index (χ3n) is 2.60. The van der Waals surface area contributed by atoms with Gasteiger partial charge in [-0.05, 0) is 30.7 Å². The van der Waals surface area contributed by atoms with Crippen LogP contribution in [0.15, 0.2) is 42.7 Å². The molecule has 0 radical (unpaired) electrons. The fourth-order valence-electron chi connectivity index (χ4n) is 1.75. The van der Waals surface area contributed by atoms with Crippen LogP contribution >= 0.6 is 0 Å². The maximum Gasteiger partial charge on any atom is 0.168 e. The Labute approximate surface area is 111 Å². The summed E-state index contributed by atoms with van der Waals surface area (Å²) in [6.45, 7) is 2.38. The zero-order chi connectivity index (χ0) is 13.7. The highest BCUT2D eigenvalue weighted by atomic mass is 19.1. The zero-order valence-corrected chi connectivity index (χ0v) is 10.6. The fourth-order valence-corrected chi connectivity index (χ4v) is 1.75. The molecule has 0 aliphatic carbocycles. The van der Waals surface area contributed by atoms with Crippen LogP contribution in [0, 0.1) is 5.82 Å². The predicted molar refractivity (Wildman–Crippen MR) is 69.8 cm³/mol. The number of aromatic nitrogens is 1. The number of hydrogen-bond donors (Lipinski definition) is 0. The van der Waals surface area contributed by atoms with Crippen molar-refractivity contribution in [3.8, 4) is 5.75 Å². The number of rotatable bonds is 5. The van der Waals surface area contributed by atoms with Crippen molar-refractivity contribution in [2.45, 2.75) is 13.3 Å². The summed E-state index contributed by atoms with van der Waals surface area (Å²) in [5.41, 5.74) is 1.11. The van der Waals surface area contributed by atoms with Crippen LogP contribution in [0.3, 0.4) is 0 Å². The van der Waals surface area contributed by atoms with Gasteiger partial charge in [0.2, 0.25) is 0 Å². The molecule has 0 saturated carbocycles. The normalized spacial score (nSPS) is 10.2. The van der Waals surface area contributed by atoms with E-state index in [1.165, 1.54) is 18.3 Å². The predicted octanol–water partition coefficient (Wildman–Crippen LogP) is 3.04. The number of nitrogens with zero attached hydrogens (tertiary/aromatic N) is 1. The Balaban J connectivity index is 2.13. The van der Waals surface area contributed by atoms with Crippen molar-refractivity contribution in [3.63, 3.8) is 0 Å². The molecule has 98 valence electrons. The highest BCUT2D eigenvalue weighted by Crippen LogP contribution is 2.14. The van der Waals surface area contributed by atoms with Crippen LogP contribution in [-0.2, 0) is 6.42 Å². The van der Waals surface area contributed by atoms with E-state index in [-0.39, 0.29) is 18.0 Å². The molecule has 0 amide bonds. The first-order chi connectivity index (χ1) is 9.19. The molecule has 0 bridgehead atoms. The van der Waals surface area contributed by atoms with Gasteiger partial charge in [0.1, 0.15) is 11.6 Å². The van der Waals surface area contributed by atoms with Gasteiger partial charge in [-0.15, -0.1) is 0 Å². The van der Waals surface area contributed by atoms with Crippen molar-refractivity contribution < 1.29 is 13.9 Å². The van der Waals surface area contributed by atoms with E-state index in [2.05, 4.69) is 4.98 Å². The summed E-state index contributed by atoms with van der Waals surface area (Å²) in [5.74, 6) is 0.110. The summed E-state index contributed by atoms with van der Waals surface area (Å²) >= 11 is 0. The van der Waals surface area contributed by atoms with E-state index in [0.29, 0.717) is 23.5 Å². The molecular weight excluding hydrogens is 245 g/mol. The Hall–Kier alpha value is -2.23. The van der Waals surface area contributed by atoms with E-state index in [9.17, 15) is 9.18 Å². The molecule has 0 aliphatic rings. The van der Waals surface area contributed by atoms with Crippen molar-refractivity contribution in [3.05, 3.63) is 59.7 Å². The van der Waals surface area contributed by atoms with Crippen molar-refractivity contribution in [1.82, 2.24) is 4.98 Å². The largest absolute Gasteiger partial charge is 0.492 e. The van der Waals surface area contributed by atoms with Gasteiger partial charge in [0, 0.05) is 18.2 Å². The number of ether oxygens (including phenoxy) is 1. The number of carbonyl (C=O) groups excluding carboxylic acids is 1. The summed E-state index contributed by atoms with van der Waals surface area (Å²) in [4.78, 5) is 16.0. The molecular formula is C15H14FNO2. The van der Waals surface area contributed by atoms with E-state index < -0.39 is 0 Å². The third-order valence-corrected chi connectivity index (χ3v) is 2.60. The summed E-state index contributed by atoms with van der Waals surface area (Å²) in [6.07, 6.45) is 3.20. The molecule has 3 nitrogen and oxygen atoms in total. The minimum atomic E-state index is -0.341. The highest BCUT2D eigenvalue weighted by molar-refractivity contribution is 5.97. The van der Waals surface area contributed by atoms with Crippen LogP contribution in [0.2, 0.25) is 0 Å². The quantitative estimate of drug-likeness (QED) is 0.775. The topological polar surface area (TPSA) is 39.2 Å². The van der Waals surface area contributed by atoms with E-state index in [4.69, 9.17) is 4.74 Å². The Kier molecular flexibility index (Phi) is 4.23. The molecule has 0 atom stereocenters. The standard InChI is InChI=1S/C15H14FNO2/c1-2-19-14-8-12(9-17-10-14)15(18)7-11-4-3-5-13(16)6-11/h3-6,8-10H,2,7H2,1H3. The van der Waals surface area contributed by atoms with Crippen molar-refractivity contribution >= 4 is 5.78 Å². The van der Waals surface area contributed by atoms with Crippen molar-refractivity contribution in [2.75, 3.05) is 6.61 Å². The van der Waals surface area contributed by atoms with Gasteiger partial charge in [-0.1, -0.05) is 12.1 Å². The Morgan fingerprint density at radius 1 is 1.32 bits per heavy atom. The van der Waals surface area contributed by atoms with Crippen LogP contribution in [0.1, 0.15) is 22.8 Å². The van der Waals surface area contributed by atoms with E-state index in [1.54, 1.807) is 24.4 Å². The van der Waals surface area contributed by atoms with Crippen molar-refractivity contribution in [2.24, 2.45) is 0 Å². The van der Waals surface area contributed by atoms with E-state index >= 15 is 0 Å². The average Bonchev–Trinajstić information content (AvgIpc) is 2.39. The van der Waals surface area contributed by atoms with Gasteiger partial charge in [-0.25, -0.2) is 4.39 Å². The molecule has 1 heterocycles. The van der Waals surface area contributed by atoms with Gasteiger partial charge >= 0.3 is 0 Å². The second kappa shape index (κ2) is 6.09. The lowest BCUT2D eigenvalue weighted by Gasteiger charge is -2.05. The average molecular weight is 259 g/mol. The summed E-state index contributed by atoms with van der Waals surface area (Å²) in [7, 11) is 0. The Morgan fingerprint density at radius 3 is 2.89 bits per heavy atom. The maximum atomic E-state index is 13.0. The van der Waals surface area contributed by atoms with Crippen molar-refractivity contribution in [1.29, 1.82) is 0 Å². The lowest BCUT2D eigenvalue weighted by atomic mass is 10.0. The molecule has 1 aromatic carbocycles. The molecule has 0 spiro atoms. The maximum absolute atomic E-state index is 13.0. The van der Waals surface area contributed by atoms with Gasteiger partial charge in [-0.2, -0.15) is 0 Å². The van der Waals surface area contributed by atoms with Gasteiger partial charge in [0.15, 0.2) is 5.78 Å². The third kappa shape index (κ3) is 3.61. The van der Waals surface area contributed by atoms with Crippen LogP contribution in [-0.4, -0.2) is 17.4 Å². The number of halogens is 1. The van der Waals surface area contributed by atoms with Crippen LogP contribution in [0.4, 0.5) is 4.39 Å². The molecule has 0 fully saturated rings. The van der Waals surface area contributed by atoms with E-state index in [0.717, 1.165) is 0 Å². The van der Waals surface area contributed by atoms with Gasteiger partial charge in [0.25, 0.3) is 0 Å². The number of carbonyl (C=O) groups is 1. The molecule has 0 aliphatic heterocycles. The van der Waals surface area contributed by atoms with Crippen LogP contribution < -0.4 is 4.74 Å². The molecule has 0 N–H and O–H groups in total. The lowest BCUT2D eigenvalue weighted by molar-refractivity contribution is 0.0992. The van der Waals surface area contributed by atoms with Gasteiger partial charge < -0.3 is 4.74 Å². The number of ketones is 1. The first-order valence-electron chi connectivity index (χ1n) is 6.04. The molecule has 19 heavy (non-hydrogen) atoms. The Bertz CT molecular complexity index is 584. The van der Waals surface area contributed by atoms with E-state index in [1.807, 2.05) is 6.92 Å². The van der Waals surface area contributed by atoms with Gasteiger partial charge in [-0.3, -0.25) is 9.78 Å². The molecule has 2 aromatic rings. The summed E-state index contributed by atoms with van der Waals surface area (Å²) in [6, 6.07) is 7.68. The first-order valence-corrected chi connectivity index (χ1v) is 6.04. The van der Waals surface area contributed by atoms with Crippen LogP contribution in [0.5, 0.6) is 5.75 Å². The smallest absolute Gasteiger partial charge is 0.168 e. The number of hydrogen-bond acceptors (Lipinski definition) is 3. The second-order valence-corrected chi connectivity index (χ2v) is 4.07. The molecule has 4 heteroatoms. The SMILES string of the molecule is CCOc1cncc(C(=O)Cc2cccc(F)c2)c1. The fraction of sp³-hybridized carbons (Fsp3) is 0.200. The van der Waals surface area contributed by atoms with Gasteiger partial charge in [0.05, 0.1) is 12.8 Å². The second-order valence-electron chi connectivity index (χ2n) is 4.07. The highest BCUT2D eigenvalue weighted by Gasteiger charge is 2.09. The summed E-state index contributed by atoms with van der Waals surface area (Å²) in [5, 5.41) is 0. The minimum Gasteiger partial charge on any atom is -0.492 e. The molecule has 0 unspecified atom stereocenters. The first kappa shape index (κ1) is 13.2. The molecule has 1 aromatic heterocycles. The number of pyridine rings is 1. The molecule has 2 rings (SSSR count). The molecule has 0 saturated heterocycles.